The minimum atomic E-state index is -0.815. The number of anilines is 1. The first-order valence-electron chi connectivity index (χ1n) is 8.00. The van der Waals surface area contributed by atoms with Gasteiger partial charge in [0.1, 0.15) is 11.4 Å². The second-order valence-corrected chi connectivity index (χ2v) is 6.21. The summed E-state index contributed by atoms with van der Waals surface area (Å²) in [6.45, 7) is 8.83. The van der Waals surface area contributed by atoms with Crippen LogP contribution in [-0.2, 0) is 9.53 Å². The molecule has 0 fully saturated rings. The van der Waals surface area contributed by atoms with Gasteiger partial charge in [0.2, 0.25) is 0 Å². The van der Waals surface area contributed by atoms with Crippen LogP contribution in [0.3, 0.4) is 0 Å². The van der Waals surface area contributed by atoms with Gasteiger partial charge in [-0.25, -0.2) is 0 Å². The fourth-order valence-corrected chi connectivity index (χ4v) is 2.28. The number of ether oxygens (including phenoxy) is 2. The summed E-state index contributed by atoms with van der Waals surface area (Å²) in [5.41, 5.74) is -0.0651. The van der Waals surface area contributed by atoms with Crippen molar-refractivity contribution in [2.75, 3.05) is 19.0 Å². The molecule has 22 heavy (non-hydrogen) atoms. The van der Waals surface area contributed by atoms with Crippen LogP contribution >= 0.6 is 0 Å². The topological polar surface area (TPSA) is 47.6 Å². The molecular weight excluding hydrogens is 278 g/mol. The molecule has 1 aromatic carbocycles. The summed E-state index contributed by atoms with van der Waals surface area (Å²) >= 11 is 0. The van der Waals surface area contributed by atoms with Crippen molar-refractivity contribution in [1.82, 2.24) is 0 Å². The van der Waals surface area contributed by atoms with Gasteiger partial charge in [0.05, 0.1) is 6.61 Å². The van der Waals surface area contributed by atoms with Crippen molar-refractivity contribution in [2.24, 2.45) is 5.92 Å². The van der Waals surface area contributed by atoms with Gasteiger partial charge >= 0.3 is 0 Å². The van der Waals surface area contributed by atoms with Gasteiger partial charge in [-0.1, -0.05) is 27.2 Å². The van der Waals surface area contributed by atoms with E-state index in [-0.39, 0.29) is 5.91 Å². The lowest BCUT2D eigenvalue weighted by Crippen LogP contribution is -2.43. The molecule has 0 saturated carbocycles. The van der Waals surface area contributed by atoms with Gasteiger partial charge in [0.15, 0.2) is 0 Å². The van der Waals surface area contributed by atoms with Crippen molar-refractivity contribution < 1.29 is 14.3 Å². The molecule has 0 aromatic heterocycles. The van der Waals surface area contributed by atoms with Gasteiger partial charge in [-0.3, -0.25) is 4.79 Å². The van der Waals surface area contributed by atoms with Crippen molar-refractivity contribution in [3.8, 4) is 5.75 Å². The number of carbonyl (C=O) groups excluding carboxylic acids is 1. The number of nitrogens with one attached hydrogen (secondary N) is 1. The summed E-state index contributed by atoms with van der Waals surface area (Å²) in [6.07, 6.45) is 2.83. The van der Waals surface area contributed by atoms with Crippen LogP contribution in [0.1, 0.15) is 47.0 Å². The van der Waals surface area contributed by atoms with Crippen LogP contribution < -0.4 is 10.1 Å². The molecule has 124 valence electrons. The monoisotopic (exact) mass is 307 g/mol. The Morgan fingerprint density at radius 2 is 1.91 bits per heavy atom. The third kappa shape index (κ3) is 5.68. The quantitative estimate of drug-likeness (QED) is 0.694. The Bertz CT molecular complexity index is 456. The summed E-state index contributed by atoms with van der Waals surface area (Å²) in [7, 11) is 1.58. The van der Waals surface area contributed by atoms with E-state index in [0.29, 0.717) is 12.3 Å². The van der Waals surface area contributed by atoms with Crippen LogP contribution in [-0.4, -0.2) is 25.2 Å². The Hall–Kier alpha value is -1.55. The van der Waals surface area contributed by atoms with E-state index < -0.39 is 5.60 Å². The maximum Gasteiger partial charge on any atom is 0.256 e. The van der Waals surface area contributed by atoms with Gasteiger partial charge in [-0.05, 0) is 49.9 Å². The molecule has 1 amide bonds. The maximum atomic E-state index is 12.4. The number of hydrogen-bond acceptors (Lipinski definition) is 3. The van der Waals surface area contributed by atoms with E-state index in [1.165, 1.54) is 0 Å². The Morgan fingerprint density at radius 3 is 2.41 bits per heavy atom. The second kappa shape index (κ2) is 8.79. The van der Waals surface area contributed by atoms with Gasteiger partial charge < -0.3 is 14.8 Å². The van der Waals surface area contributed by atoms with E-state index in [4.69, 9.17) is 9.47 Å². The molecule has 1 atom stereocenters. The zero-order chi connectivity index (χ0) is 16.6. The number of rotatable bonds is 9. The normalized spacial score (nSPS) is 13.7. The largest absolute Gasteiger partial charge is 0.494 e. The Kier molecular flexibility index (Phi) is 7.39. The predicted octanol–water partition coefficient (Wildman–Crippen LogP) is 4.26. The molecule has 0 aliphatic heterocycles. The molecule has 0 unspecified atom stereocenters. The van der Waals surface area contributed by atoms with Crippen LogP contribution in [0.25, 0.3) is 0 Å². The zero-order valence-corrected chi connectivity index (χ0v) is 14.4. The lowest BCUT2D eigenvalue weighted by molar-refractivity contribution is -0.137. The molecule has 0 heterocycles. The van der Waals surface area contributed by atoms with Gasteiger partial charge in [0, 0.05) is 12.8 Å². The van der Waals surface area contributed by atoms with Crippen molar-refractivity contribution in [3.63, 3.8) is 0 Å². The highest BCUT2D eigenvalue weighted by Crippen LogP contribution is 2.23. The van der Waals surface area contributed by atoms with Crippen molar-refractivity contribution in [2.45, 2.75) is 52.6 Å². The number of carbonyl (C=O) groups is 1. The molecule has 4 heteroatoms. The molecule has 0 spiro atoms. The average molecular weight is 307 g/mol. The third-order valence-electron chi connectivity index (χ3n) is 3.61. The standard InChI is InChI=1S/C18H29NO3/c1-6-7-12-22-16-10-8-15(9-11-16)19-17(20)18(4,21-5)13-14(2)3/h8-11,14H,6-7,12-13H2,1-5H3,(H,19,20)/t18-/m1/s1. The molecule has 1 rings (SSSR count). The van der Waals surface area contributed by atoms with Crippen LogP contribution in [0.15, 0.2) is 24.3 Å². The Morgan fingerprint density at radius 1 is 1.27 bits per heavy atom. The summed E-state index contributed by atoms with van der Waals surface area (Å²) in [6, 6.07) is 7.45. The number of amides is 1. The number of benzene rings is 1. The number of unbranched alkanes of at least 4 members (excludes halogenated alkanes) is 1. The average Bonchev–Trinajstić information content (AvgIpc) is 2.48. The smallest absolute Gasteiger partial charge is 0.256 e. The molecule has 0 saturated heterocycles. The molecule has 0 aliphatic carbocycles. The fraction of sp³-hybridized carbons (Fsp3) is 0.611. The van der Waals surface area contributed by atoms with E-state index in [9.17, 15) is 4.79 Å². The van der Waals surface area contributed by atoms with E-state index in [1.807, 2.05) is 31.2 Å². The first-order valence-corrected chi connectivity index (χ1v) is 8.00. The van der Waals surface area contributed by atoms with Gasteiger partial charge in [-0.2, -0.15) is 0 Å². The van der Waals surface area contributed by atoms with Crippen molar-refractivity contribution in [1.29, 1.82) is 0 Å². The summed E-state index contributed by atoms with van der Waals surface area (Å²) in [4.78, 5) is 12.4. The van der Waals surface area contributed by atoms with Gasteiger partial charge in [-0.15, -0.1) is 0 Å². The molecule has 0 aliphatic rings. The SMILES string of the molecule is CCCCOc1ccc(NC(=O)[C@@](C)(CC(C)C)OC)cc1. The highest BCUT2D eigenvalue weighted by molar-refractivity contribution is 5.97. The van der Waals surface area contributed by atoms with Crippen molar-refractivity contribution in [3.05, 3.63) is 24.3 Å². The van der Waals surface area contributed by atoms with Crippen molar-refractivity contribution >= 4 is 11.6 Å². The lowest BCUT2D eigenvalue weighted by atomic mass is 9.93. The molecule has 1 aromatic rings. The van der Waals surface area contributed by atoms with Gasteiger partial charge in [0.25, 0.3) is 5.91 Å². The summed E-state index contributed by atoms with van der Waals surface area (Å²) < 4.78 is 11.0. The van der Waals surface area contributed by atoms with Crippen LogP contribution in [0.2, 0.25) is 0 Å². The first kappa shape index (κ1) is 18.5. The molecular formula is C18H29NO3. The summed E-state index contributed by atoms with van der Waals surface area (Å²) in [5, 5.41) is 2.91. The van der Waals surface area contributed by atoms with E-state index in [0.717, 1.165) is 30.9 Å². The molecule has 0 bridgehead atoms. The predicted molar refractivity (Wildman–Crippen MR) is 90.3 cm³/mol. The van der Waals surface area contributed by atoms with E-state index >= 15 is 0 Å². The second-order valence-electron chi connectivity index (χ2n) is 6.21. The minimum Gasteiger partial charge on any atom is -0.494 e. The molecule has 4 nitrogen and oxygen atoms in total. The maximum absolute atomic E-state index is 12.4. The molecule has 1 N–H and O–H groups in total. The van der Waals surface area contributed by atoms with Crippen LogP contribution in [0.4, 0.5) is 5.69 Å². The van der Waals surface area contributed by atoms with E-state index in [2.05, 4.69) is 26.1 Å². The van der Waals surface area contributed by atoms with Crippen LogP contribution in [0, 0.1) is 5.92 Å². The Labute approximate surface area is 134 Å². The zero-order valence-electron chi connectivity index (χ0n) is 14.4. The lowest BCUT2D eigenvalue weighted by Gasteiger charge is -2.28. The van der Waals surface area contributed by atoms with E-state index in [1.54, 1.807) is 7.11 Å². The number of hydrogen-bond donors (Lipinski definition) is 1. The van der Waals surface area contributed by atoms with Crippen LogP contribution in [0.5, 0.6) is 5.75 Å². The summed E-state index contributed by atoms with van der Waals surface area (Å²) in [5.74, 6) is 1.08. The molecule has 0 radical (unpaired) electrons. The Balaban J connectivity index is 2.63. The number of methoxy groups -OCH3 is 1. The highest BCUT2D eigenvalue weighted by atomic mass is 16.5. The highest BCUT2D eigenvalue weighted by Gasteiger charge is 2.33. The minimum absolute atomic E-state index is 0.122. The third-order valence-corrected chi connectivity index (χ3v) is 3.61. The first-order chi connectivity index (χ1) is 10.4. The fourth-order valence-electron chi connectivity index (χ4n) is 2.28.